The number of hydrogen-bond acceptors (Lipinski definition) is 2. The lowest BCUT2D eigenvalue weighted by molar-refractivity contribution is 0.968. The fraction of sp³-hybridized carbons (Fsp3) is 0.333. The fourth-order valence-corrected chi connectivity index (χ4v) is 1.28. The van der Waals surface area contributed by atoms with Crippen LogP contribution in [0.4, 0.5) is 0 Å². The molecule has 0 aliphatic rings. The SMILES string of the molecule is NCCC=Cc1ccc(CCN)cc1. The minimum absolute atomic E-state index is 0.710. The van der Waals surface area contributed by atoms with E-state index in [0.717, 1.165) is 12.8 Å². The van der Waals surface area contributed by atoms with Crippen molar-refractivity contribution in [2.24, 2.45) is 11.5 Å². The molecular formula is C12H18N2. The quantitative estimate of drug-likeness (QED) is 0.740. The second-order valence-electron chi connectivity index (χ2n) is 3.26. The van der Waals surface area contributed by atoms with E-state index in [4.69, 9.17) is 11.5 Å². The van der Waals surface area contributed by atoms with Gasteiger partial charge in [-0.05, 0) is 37.1 Å². The lowest BCUT2D eigenvalue weighted by Crippen LogP contribution is -2.02. The summed E-state index contributed by atoms with van der Waals surface area (Å²) in [4.78, 5) is 0. The molecule has 2 heteroatoms. The van der Waals surface area contributed by atoms with Gasteiger partial charge in [0.15, 0.2) is 0 Å². The Kier molecular flexibility index (Phi) is 4.97. The third-order valence-electron chi connectivity index (χ3n) is 2.06. The molecule has 0 saturated heterocycles. The van der Waals surface area contributed by atoms with E-state index in [9.17, 15) is 0 Å². The first kappa shape index (κ1) is 11.0. The molecule has 14 heavy (non-hydrogen) atoms. The van der Waals surface area contributed by atoms with Crippen LogP contribution in [0.3, 0.4) is 0 Å². The van der Waals surface area contributed by atoms with Crippen molar-refractivity contribution in [2.75, 3.05) is 13.1 Å². The van der Waals surface area contributed by atoms with Crippen molar-refractivity contribution in [1.82, 2.24) is 0 Å². The molecular weight excluding hydrogens is 172 g/mol. The van der Waals surface area contributed by atoms with Crippen LogP contribution in [0.2, 0.25) is 0 Å². The standard InChI is InChI=1S/C12H18N2/c13-9-2-1-3-11-4-6-12(7-5-11)8-10-14/h1,3-7H,2,8-10,13-14H2. The highest BCUT2D eigenvalue weighted by Gasteiger charge is 1.90. The van der Waals surface area contributed by atoms with Gasteiger partial charge in [0.25, 0.3) is 0 Å². The second-order valence-corrected chi connectivity index (χ2v) is 3.26. The zero-order chi connectivity index (χ0) is 10.2. The average molecular weight is 190 g/mol. The first-order valence-electron chi connectivity index (χ1n) is 5.02. The number of benzene rings is 1. The molecule has 2 nitrogen and oxygen atoms in total. The zero-order valence-electron chi connectivity index (χ0n) is 8.45. The van der Waals surface area contributed by atoms with E-state index in [1.807, 2.05) is 0 Å². The van der Waals surface area contributed by atoms with Gasteiger partial charge in [-0.1, -0.05) is 36.4 Å². The summed E-state index contributed by atoms with van der Waals surface area (Å²) in [5.74, 6) is 0. The molecule has 0 aliphatic heterocycles. The van der Waals surface area contributed by atoms with Crippen molar-refractivity contribution in [2.45, 2.75) is 12.8 Å². The summed E-state index contributed by atoms with van der Waals surface area (Å²) in [5, 5.41) is 0. The molecule has 4 N–H and O–H groups in total. The number of rotatable bonds is 5. The lowest BCUT2D eigenvalue weighted by Gasteiger charge is -1.98. The van der Waals surface area contributed by atoms with Gasteiger partial charge in [0.1, 0.15) is 0 Å². The van der Waals surface area contributed by atoms with Gasteiger partial charge in [-0.15, -0.1) is 0 Å². The highest BCUT2D eigenvalue weighted by atomic mass is 14.5. The third-order valence-corrected chi connectivity index (χ3v) is 2.06. The van der Waals surface area contributed by atoms with Gasteiger partial charge in [0.05, 0.1) is 0 Å². The maximum absolute atomic E-state index is 5.47. The van der Waals surface area contributed by atoms with E-state index in [1.165, 1.54) is 11.1 Å². The Bertz CT molecular complexity index is 275. The molecule has 0 heterocycles. The monoisotopic (exact) mass is 190 g/mol. The Morgan fingerprint density at radius 3 is 2.29 bits per heavy atom. The van der Waals surface area contributed by atoms with Crippen LogP contribution in [0, 0.1) is 0 Å². The molecule has 0 unspecified atom stereocenters. The Hall–Kier alpha value is -1.12. The summed E-state index contributed by atoms with van der Waals surface area (Å²) in [7, 11) is 0. The zero-order valence-corrected chi connectivity index (χ0v) is 8.45. The fourth-order valence-electron chi connectivity index (χ4n) is 1.28. The summed E-state index contributed by atoms with van der Waals surface area (Å²) in [6.07, 6.45) is 6.08. The van der Waals surface area contributed by atoms with Crippen LogP contribution < -0.4 is 11.5 Å². The molecule has 0 amide bonds. The van der Waals surface area contributed by atoms with Gasteiger partial charge >= 0.3 is 0 Å². The summed E-state index contributed by atoms with van der Waals surface area (Å²) in [5.41, 5.74) is 13.4. The van der Waals surface area contributed by atoms with Crippen LogP contribution in [-0.2, 0) is 6.42 Å². The maximum Gasteiger partial charge on any atom is -0.00367 e. The van der Waals surface area contributed by atoms with Gasteiger partial charge in [-0.3, -0.25) is 0 Å². The topological polar surface area (TPSA) is 52.0 Å². The molecule has 0 radical (unpaired) electrons. The first-order chi connectivity index (χ1) is 6.86. The minimum Gasteiger partial charge on any atom is -0.330 e. The van der Waals surface area contributed by atoms with Crippen LogP contribution in [0.5, 0.6) is 0 Å². The van der Waals surface area contributed by atoms with Crippen LogP contribution in [-0.4, -0.2) is 13.1 Å². The summed E-state index contributed by atoms with van der Waals surface area (Å²) in [6, 6.07) is 8.46. The molecule has 0 spiro atoms. The molecule has 0 bridgehead atoms. The molecule has 0 aliphatic carbocycles. The Morgan fingerprint density at radius 1 is 1.00 bits per heavy atom. The Balaban J connectivity index is 2.54. The molecule has 1 aromatic rings. The predicted molar refractivity (Wildman–Crippen MR) is 61.9 cm³/mol. The van der Waals surface area contributed by atoms with Crippen molar-refractivity contribution in [3.8, 4) is 0 Å². The highest BCUT2D eigenvalue weighted by Crippen LogP contribution is 2.06. The average Bonchev–Trinajstić information content (AvgIpc) is 2.21. The largest absolute Gasteiger partial charge is 0.330 e. The summed E-state index contributed by atoms with van der Waals surface area (Å²) < 4.78 is 0. The molecule has 0 fully saturated rings. The normalized spacial score (nSPS) is 11.0. The lowest BCUT2D eigenvalue weighted by atomic mass is 10.1. The maximum atomic E-state index is 5.47. The van der Waals surface area contributed by atoms with Gasteiger partial charge in [-0.25, -0.2) is 0 Å². The van der Waals surface area contributed by atoms with E-state index in [-0.39, 0.29) is 0 Å². The molecule has 1 aromatic carbocycles. The highest BCUT2D eigenvalue weighted by molar-refractivity contribution is 5.49. The van der Waals surface area contributed by atoms with Crippen LogP contribution in [0.25, 0.3) is 6.08 Å². The van der Waals surface area contributed by atoms with Crippen molar-refractivity contribution >= 4 is 6.08 Å². The van der Waals surface area contributed by atoms with E-state index < -0.39 is 0 Å². The van der Waals surface area contributed by atoms with Crippen molar-refractivity contribution in [3.05, 3.63) is 41.5 Å². The summed E-state index contributed by atoms with van der Waals surface area (Å²) in [6.45, 7) is 1.42. The van der Waals surface area contributed by atoms with Crippen molar-refractivity contribution in [1.29, 1.82) is 0 Å². The van der Waals surface area contributed by atoms with Gasteiger partial charge in [0.2, 0.25) is 0 Å². The number of hydrogen-bond donors (Lipinski definition) is 2. The van der Waals surface area contributed by atoms with E-state index in [1.54, 1.807) is 0 Å². The van der Waals surface area contributed by atoms with E-state index >= 15 is 0 Å². The van der Waals surface area contributed by atoms with E-state index in [2.05, 4.69) is 36.4 Å². The van der Waals surface area contributed by atoms with Gasteiger partial charge in [-0.2, -0.15) is 0 Å². The molecule has 1 rings (SSSR count). The van der Waals surface area contributed by atoms with Crippen molar-refractivity contribution < 1.29 is 0 Å². The third kappa shape index (κ3) is 3.73. The molecule has 0 aromatic heterocycles. The second kappa shape index (κ2) is 6.35. The van der Waals surface area contributed by atoms with Gasteiger partial charge in [0, 0.05) is 0 Å². The van der Waals surface area contributed by atoms with Gasteiger partial charge < -0.3 is 11.5 Å². The smallest absolute Gasteiger partial charge is 0.00367 e. The molecule has 0 atom stereocenters. The van der Waals surface area contributed by atoms with Crippen LogP contribution in [0.15, 0.2) is 30.3 Å². The minimum atomic E-state index is 0.710. The predicted octanol–water partition coefficient (Wildman–Crippen LogP) is 1.55. The van der Waals surface area contributed by atoms with Crippen LogP contribution >= 0.6 is 0 Å². The number of nitrogens with two attached hydrogens (primary N) is 2. The molecule has 0 saturated carbocycles. The van der Waals surface area contributed by atoms with E-state index in [0.29, 0.717) is 13.1 Å². The Labute approximate surface area is 85.6 Å². The van der Waals surface area contributed by atoms with Crippen LogP contribution in [0.1, 0.15) is 17.5 Å². The summed E-state index contributed by atoms with van der Waals surface area (Å²) >= 11 is 0. The first-order valence-corrected chi connectivity index (χ1v) is 5.02. The molecule has 76 valence electrons. The Morgan fingerprint density at radius 2 is 1.71 bits per heavy atom. The van der Waals surface area contributed by atoms with Crippen molar-refractivity contribution in [3.63, 3.8) is 0 Å².